The molecule has 0 bridgehead atoms. The molecule has 4 heteroatoms. The van der Waals surface area contributed by atoms with Crippen molar-refractivity contribution in [2.45, 2.75) is 77.7 Å². The molecule has 0 amide bonds. The normalized spacial score (nSPS) is 22.3. The van der Waals surface area contributed by atoms with Crippen molar-refractivity contribution in [3.05, 3.63) is 35.9 Å². The number of piperidine rings is 1. The molecule has 0 aliphatic carbocycles. The molecular weight excluding hydrogens is 300 g/mol. The van der Waals surface area contributed by atoms with E-state index in [1.807, 2.05) is 37.3 Å². The number of hydrogen-bond donors (Lipinski definition) is 1. The number of carbonyl (C=O) groups excluding carboxylic acids is 1. The lowest BCUT2D eigenvalue weighted by atomic mass is 9.85. The second-order valence-corrected chi connectivity index (χ2v) is 7.79. The largest absolute Gasteiger partial charge is 0.460 e. The Kier molecular flexibility index (Phi) is 6.41. The number of likely N-dealkylation sites (tertiary alicyclic amines) is 1. The predicted molar refractivity (Wildman–Crippen MR) is 97.8 cm³/mol. The van der Waals surface area contributed by atoms with Gasteiger partial charge in [-0.3, -0.25) is 9.69 Å². The highest BCUT2D eigenvalue weighted by atomic mass is 16.5. The van der Waals surface area contributed by atoms with E-state index in [1.165, 1.54) is 0 Å². The minimum absolute atomic E-state index is 0.0179. The van der Waals surface area contributed by atoms with Crippen molar-refractivity contribution < 1.29 is 9.53 Å². The summed E-state index contributed by atoms with van der Waals surface area (Å²) in [6.07, 6.45) is 2.11. The molecule has 1 aromatic carbocycles. The Labute approximate surface area is 146 Å². The highest BCUT2D eigenvalue weighted by Gasteiger charge is 2.39. The zero-order chi connectivity index (χ0) is 17.7. The molecule has 1 heterocycles. The number of benzene rings is 1. The van der Waals surface area contributed by atoms with Crippen LogP contribution < -0.4 is 5.32 Å². The average Bonchev–Trinajstić information content (AvgIpc) is 2.51. The smallest absolute Gasteiger partial charge is 0.323 e. The zero-order valence-corrected chi connectivity index (χ0v) is 15.7. The Balaban J connectivity index is 1.91. The van der Waals surface area contributed by atoms with Crippen molar-refractivity contribution in [3.63, 3.8) is 0 Å². The summed E-state index contributed by atoms with van der Waals surface area (Å²) in [7, 11) is 0. The van der Waals surface area contributed by atoms with Gasteiger partial charge in [-0.05, 0) is 39.2 Å². The van der Waals surface area contributed by atoms with Crippen LogP contribution in [0.15, 0.2) is 30.3 Å². The standard InChI is InChI=1S/C20H32N2O2/c1-15(2)21-18-11-12-22(20(4,5)13-18)16(3)19(23)24-14-17-9-7-6-8-10-17/h6-10,15-16,18,21H,11-14H2,1-5H3. The number of hydrogen-bond acceptors (Lipinski definition) is 4. The number of rotatable bonds is 6. The topological polar surface area (TPSA) is 41.6 Å². The predicted octanol–water partition coefficient (Wildman–Crippen LogP) is 3.36. The first kappa shape index (κ1) is 18.9. The third-order valence-electron chi connectivity index (χ3n) is 4.84. The van der Waals surface area contributed by atoms with Gasteiger partial charge in [-0.25, -0.2) is 0 Å². The molecule has 1 N–H and O–H groups in total. The Morgan fingerprint density at radius 2 is 1.96 bits per heavy atom. The molecule has 1 fully saturated rings. The fraction of sp³-hybridized carbons (Fsp3) is 0.650. The fourth-order valence-electron chi connectivity index (χ4n) is 3.73. The van der Waals surface area contributed by atoms with E-state index in [9.17, 15) is 4.79 Å². The quantitative estimate of drug-likeness (QED) is 0.811. The maximum atomic E-state index is 12.5. The van der Waals surface area contributed by atoms with Gasteiger partial charge in [0.1, 0.15) is 12.6 Å². The van der Waals surface area contributed by atoms with Crippen LogP contribution in [-0.4, -0.2) is 41.1 Å². The molecule has 0 saturated carbocycles. The number of nitrogens with zero attached hydrogens (tertiary/aromatic N) is 1. The summed E-state index contributed by atoms with van der Waals surface area (Å²) in [6, 6.07) is 10.6. The Hall–Kier alpha value is -1.39. The SMILES string of the molecule is CC(C)NC1CCN(C(C)C(=O)OCc2ccccc2)C(C)(C)C1. The third kappa shape index (κ3) is 5.05. The fourth-order valence-corrected chi connectivity index (χ4v) is 3.73. The summed E-state index contributed by atoms with van der Waals surface area (Å²) < 4.78 is 5.53. The van der Waals surface area contributed by atoms with Crippen molar-refractivity contribution in [1.82, 2.24) is 10.2 Å². The summed E-state index contributed by atoms with van der Waals surface area (Å²) in [4.78, 5) is 14.8. The molecule has 1 aliphatic rings. The molecular formula is C20H32N2O2. The minimum atomic E-state index is -0.219. The van der Waals surface area contributed by atoms with Crippen LogP contribution in [0.3, 0.4) is 0 Å². The van der Waals surface area contributed by atoms with Crippen LogP contribution in [0.5, 0.6) is 0 Å². The van der Waals surface area contributed by atoms with Gasteiger partial charge >= 0.3 is 5.97 Å². The second-order valence-electron chi connectivity index (χ2n) is 7.79. The number of carbonyl (C=O) groups is 1. The first-order chi connectivity index (χ1) is 11.3. The molecule has 24 heavy (non-hydrogen) atoms. The zero-order valence-electron chi connectivity index (χ0n) is 15.7. The lowest BCUT2D eigenvalue weighted by Crippen LogP contribution is -2.59. The molecule has 0 radical (unpaired) electrons. The highest BCUT2D eigenvalue weighted by molar-refractivity contribution is 5.75. The summed E-state index contributed by atoms with van der Waals surface area (Å²) in [5.74, 6) is -0.137. The van der Waals surface area contributed by atoms with E-state index in [0.717, 1.165) is 24.9 Å². The first-order valence-corrected chi connectivity index (χ1v) is 9.03. The van der Waals surface area contributed by atoms with Gasteiger partial charge in [0.2, 0.25) is 0 Å². The van der Waals surface area contributed by atoms with Crippen LogP contribution >= 0.6 is 0 Å². The van der Waals surface area contributed by atoms with Crippen LogP contribution in [0.4, 0.5) is 0 Å². The van der Waals surface area contributed by atoms with Crippen molar-refractivity contribution >= 4 is 5.97 Å². The van der Waals surface area contributed by atoms with Gasteiger partial charge in [0.05, 0.1) is 0 Å². The van der Waals surface area contributed by atoms with Crippen LogP contribution in [0.1, 0.15) is 53.0 Å². The molecule has 134 valence electrons. The molecule has 2 unspecified atom stereocenters. The maximum absolute atomic E-state index is 12.5. The summed E-state index contributed by atoms with van der Waals surface area (Å²) in [5, 5.41) is 3.63. The lowest BCUT2D eigenvalue weighted by molar-refractivity contribution is -0.154. The van der Waals surface area contributed by atoms with Gasteiger partial charge in [0.25, 0.3) is 0 Å². The third-order valence-corrected chi connectivity index (χ3v) is 4.84. The summed E-state index contributed by atoms with van der Waals surface area (Å²) in [6.45, 7) is 12.0. The van der Waals surface area contributed by atoms with Crippen LogP contribution in [0.2, 0.25) is 0 Å². The highest BCUT2D eigenvalue weighted by Crippen LogP contribution is 2.30. The summed E-state index contributed by atoms with van der Waals surface area (Å²) >= 11 is 0. The van der Waals surface area contributed by atoms with E-state index in [0.29, 0.717) is 18.7 Å². The Morgan fingerprint density at radius 3 is 2.54 bits per heavy atom. The van der Waals surface area contributed by atoms with Gasteiger partial charge < -0.3 is 10.1 Å². The molecule has 1 saturated heterocycles. The molecule has 0 spiro atoms. The van der Waals surface area contributed by atoms with Crippen LogP contribution in [0, 0.1) is 0 Å². The lowest BCUT2D eigenvalue weighted by Gasteiger charge is -2.48. The monoisotopic (exact) mass is 332 g/mol. The van der Waals surface area contributed by atoms with Gasteiger partial charge in [0, 0.05) is 24.2 Å². The van der Waals surface area contributed by atoms with Crippen molar-refractivity contribution in [1.29, 1.82) is 0 Å². The van der Waals surface area contributed by atoms with Crippen LogP contribution in [-0.2, 0) is 16.1 Å². The van der Waals surface area contributed by atoms with Gasteiger partial charge in [0.15, 0.2) is 0 Å². The van der Waals surface area contributed by atoms with E-state index in [1.54, 1.807) is 0 Å². The maximum Gasteiger partial charge on any atom is 0.323 e. The van der Waals surface area contributed by atoms with E-state index in [4.69, 9.17) is 4.74 Å². The van der Waals surface area contributed by atoms with E-state index < -0.39 is 0 Å². The van der Waals surface area contributed by atoms with E-state index >= 15 is 0 Å². The van der Waals surface area contributed by atoms with Crippen LogP contribution in [0.25, 0.3) is 0 Å². The summed E-state index contributed by atoms with van der Waals surface area (Å²) in [5.41, 5.74) is 1.01. The minimum Gasteiger partial charge on any atom is -0.460 e. The number of nitrogens with one attached hydrogen (secondary N) is 1. The average molecular weight is 332 g/mol. The van der Waals surface area contributed by atoms with Gasteiger partial charge in [-0.2, -0.15) is 0 Å². The number of ether oxygens (including phenoxy) is 1. The molecule has 1 aliphatic heterocycles. The van der Waals surface area contributed by atoms with Gasteiger partial charge in [-0.1, -0.05) is 44.2 Å². The molecule has 2 rings (SSSR count). The molecule has 2 atom stereocenters. The van der Waals surface area contributed by atoms with Crippen molar-refractivity contribution in [2.24, 2.45) is 0 Å². The first-order valence-electron chi connectivity index (χ1n) is 9.03. The van der Waals surface area contributed by atoms with E-state index in [2.05, 4.69) is 37.9 Å². The second kappa shape index (κ2) is 8.13. The molecule has 1 aromatic rings. The van der Waals surface area contributed by atoms with Crippen molar-refractivity contribution in [2.75, 3.05) is 6.54 Å². The molecule has 4 nitrogen and oxygen atoms in total. The Morgan fingerprint density at radius 1 is 1.29 bits per heavy atom. The van der Waals surface area contributed by atoms with E-state index in [-0.39, 0.29) is 17.6 Å². The Bertz CT molecular complexity index is 528. The number of esters is 1. The van der Waals surface area contributed by atoms with Gasteiger partial charge in [-0.15, -0.1) is 0 Å². The van der Waals surface area contributed by atoms with Crippen molar-refractivity contribution in [3.8, 4) is 0 Å². The molecule has 0 aromatic heterocycles.